The second-order valence-electron chi connectivity index (χ2n) is 9.81. The molecular formula is C29H29ClN6O2S. The van der Waals surface area contributed by atoms with Crippen LogP contribution >= 0.6 is 11.6 Å². The zero-order valence-corrected chi connectivity index (χ0v) is 23.1. The highest BCUT2D eigenvalue weighted by atomic mass is 35.5. The van der Waals surface area contributed by atoms with E-state index in [1.807, 2.05) is 6.07 Å². The first-order valence-corrected chi connectivity index (χ1v) is 14.5. The fourth-order valence-electron chi connectivity index (χ4n) is 5.37. The number of nitrogens with one attached hydrogen (secondary N) is 2. The van der Waals surface area contributed by atoms with Crippen molar-refractivity contribution >= 4 is 44.8 Å². The maximum atomic E-state index is 13.1. The molecule has 1 saturated heterocycles. The Morgan fingerprint density at radius 1 is 1.08 bits per heavy atom. The topological polar surface area (TPSA) is 90.5 Å². The Labute approximate surface area is 234 Å². The molecule has 3 aliphatic rings. The number of benzene rings is 2. The van der Waals surface area contributed by atoms with Crippen molar-refractivity contribution in [3.63, 3.8) is 0 Å². The molecule has 0 spiro atoms. The number of rotatable bonds is 8. The summed E-state index contributed by atoms with van der Waals surface area (Å²) in [5.74, 6) is 6.67. The Balaban J connectivity index is 1.40. The SMILES string of the molecule is C#CCN1CC2CCC(C1)c1cc(Nc3ncc(Cl)c(Nc4ccccc4S(=O)(=O)N(C)CC#C)n3)ccc12. The molecule has 8 nitrogen and oxygen atoms in total. The van der Waals surface area contributed by atoms with E-state index in [0.717, 1.165) is 29.5 Å². The van der Waals surface area contributed by atoms with Gasteiger partial charge in [-0.1, -0.05) is 41.6 Å². The summed E-state index contributed by atoms with van der Waals surface area (Å²) >= 11 is 6.40. The molecule has 0 saturated carbocycles. The van der Waals surface area contributed by atoms with E-state index >= 15 is 0 Å². The summed E-state index contributed by atoms with van der Waals surface area (Å²) in [7, 11) is -2.40. The molecule has 2 aliphatic heterocycles. The van der Waals surface area contributed by atoms with Crippen LogP contribution in [-0.4, -0.2) is 60.8 Å². The molecule has 0 amide bonds. The highest BCUT2D eigenvalue weighted by molar-refractivity contribution is 7.89. The average molecular weight is 561 g/mol. The van der Waals surface area contributed by atoms with E-state index in [9.17, 15) is 8.42 Å². The number of nitrogens with zero attached hydrogens (tertiary/aromatic N) is 4. The first-order chi connectivity index (χ1) is 18.8. The van der Waals surface area contributed by atoms with Gasteiger partial charge in [-0.2, -0.15) is 9.29 Å². The van der Waals surface area contributed by atoms with Crippen molar-refractivity contribution in [2.24, 2.45) is 0 Å². The van der Waals surface area contributed by atoms with Gasteiger partial charge in [0.25, 0.3) is 0 Å². The van der Waals surface area contributed by atoms with Crippen LogP contribution in [0.5, 0.6) is 0 Å². The second kappa shape index (κ2) is 11.3. The van der Waals surface area contributed by atoms with Crippen LogP contribution in [0.1, 0.15) is 35.8 Å². The van der Waals surface area contributed by atoms with Gasteiger partial charge in [0.15, 0.2) is 5.82 Å². The van der Waals surface area contributed by atoms with Gasteiger partial charge in [0.1, 0.15) is 9.92 Å². The third kappa shape index (κ3) is 5.59. The molecule has 2 unspecified atom stereocenters. The number of fused-ring (bicyclic) bond motifs is 3. The van der Waals surface area contributed by atoms with E-state index in [1.165, 1.54) is 36.9 Å². The molecule has 39 heavy (non-hydrogen) atoms. The first-order valence-electron chi connectivity index (χ1n) is 12.6. The fraction of sp³-hybridized carbons (Fsp3) is 0.310. The van der Waals surface area contributed by atoms with E-state index in [-0.39, 0.29) is 22.3 Å². The smallest absolute Gasteiger partial charge is 0.245 e. The van der Waals surface area contributed by atoms with Gasteiger partial charge in [-0.05, 0) is 60.1 Å². The van der Waals surface area contributed by atoms with Gasteiger partial charge in [-0.15, -0.1) is 12.8 Å². The Morgan fingerprint density at radius 2 is 1.82 bits per heavy atom. The number of sulfonamides is 1. The van der Waals surface area contributed by atoms with Gasteiger partial charge >= 0.3 is 0 Å². The zero-order valence-electron chi connectivity index (χ0n) is 21.6. The lowest BCUT2D eigenvalue weighted by atomic mass is 9.78. The number of aromatic nitrogens is 2. The van der Waals surface area contributed by atoms with E-state index < -0.39 is 10.0 Å². The van der Waals surface area contributed by atoms with Crippen molar-refractivity contribution in [1.82, 2.24) is 19.2 Å². The molecule has 1 fully saturated rings. The monoisotopic (exact) mass is 560 g/mol. The van der Waals surface area contributed by atoms with Crippen LogP contribution in [0.15, 0.2) is 53.6 Å². The third-order valence-corrected chi connectivity index (χ3v) is 9.38. The standard InChI is InChI=1S/C29H29ClN6O2S/c1-4-14-35(3)39(37,38)27-9-7-6-8-26(27)33-28-25(30)17-31-29(34-28)32-22-12-13-23-20-10-11-21(24(23)16-22)19-36(18-20)15-5-2/h1-2,6-9,12-13,16-17,20-21H,10-11,14-15,18-19H2,3H3,(H2,31,32,33,34). The molecule has 2 aromatic carbocycles. The number of para-hydroxylation sites is 1. The summed E-state index contributed by atoms with van der Waals surface area (Å²) in [5, 5.41) is 6.60. The Bertz CT molecular complexity index is 1580. The lowest BCUT2D eigenvalue weighted by Gasteiger charge is -2.27. The molecule has 6 rings (SSSR count). The van der Waals surface area contributed by atoms with Crippen LogP contribution in [0.4, 0.5) is 23.1 Å². The van der Waals surface area contributed by atoms with Gasteiger partial charge in [0.2, 0.25) is 16.0 Å². The van der Waals surface area contributed by atoms with Crippen LogP contribution in [0, 0.1) is 24.7 Å². The highest BCUT2D eigenvalue weighted by Gasteiger charge is 2.33. The van der Waals surface area contributed by atoms with Crippen molar-refractivity contribution in [3.8, 4) is 24.7 Å². The average Bonchev–Trinajstić information content (AvgIpc) is 3.21. The largest absolute Gasteiger partial charge is 0.338 e. The Hall–Kier alpha value is -3.60. The van der Waals surface area contributed by atoms with Crippen LogP contribution in [0.2, 0.25) is 5.02 Å². The highest BCUT2D eigenvalue weighted by Crippen LogP contribution is 2.44. The van der Waals surface area contributed by atoms with E-state index in [1.54, 1.807) is 18.2 Å². The molecule has 1 aromatic heterocycles. The molecule has 3 aromatic rings. The minimum atomic E-state index is -3.84. The normalized spacial score (nSPS) is 18.6. The van der Waals surface area contributed by atoms with Gasteiger partial charge in [0.05, 0.1) is 25.0 Å². The third-order valence-electron chi connectivity index (χ3n) is 7.24. The number of hydrogen-bond donors (Lipinski definition) is 2. The lowest BCUT2D eigenvalue weighted by molar-refractivity contribution is 0.304. The predicted octanol–water partition coefficient (Wildman–Crippen LogP) is 4.78. The Kier molecular flexibility index (Phi) is 7.79. The quantitative estimate of drug-likeness (QED) is 0.383. The van der Waals surface area contributed by atoms with Gasteiger partial charge < -0.3 is 10.6 Å². The Morgan fingerprint density at radius 3 is 2.56 bits per heavy atom. The fourth-order valence-corrected chi connectivity index (χ4v) is 6.74. The molecular weight excluding hydrogens is 532 g/mol. The van der Waals surface area contributed by atoms with E-state index in [0.29, 0.717) is 30.0 Å². The van der Waals surface area contributed by atoms with E-state index in [4.69, 9.17) is 24.4 Å². The van der Waals surface area contributed by atoms with Crippen LogP contribution in [-0.2, 0) is 10.0 Å². The molecule has 3 heterocycles. The molecule has 2 atom stereocenters. The molecule has 2 N–H and O–H groups in total. The number of terminal acetylenes is 2. The summed E-state index contributed by atoms with van der Waals surface area (Å²) in [6, 6.07) is 12.9. The molecule has 10 heteroatoms. The van der Waals surface area contributed by atoms with Crippen molar-refractivity contribution < 1.29 is 8.42 Å². The van der Waals surface area contributed by atoms with Gasteiger partial charge in [0, 0.05) is 25.8 Å². The maximum absolute atomic E-state index is 13.1. The minimum absolute atomic E-state index is 0.0523. The molecule has 200 valence electrons. The van der Waals surface area contributed by atoms with Gasteiger partial charge in [-0.3, -0.25) is 4.90 Å². The summed E-state index contributed by atoms with van der Waals surface area (Å²) in [4.78, 5) is 11.3. The zero-order chi connectivity index (χ0) is 27.6. The summed E-state index contributed by atoms with van der Waals surface area (Å²) in [6.45, 7) is 2.57. The summed E-state index contributed by atoms with van der Waals surface area (Å²) in [6.07, 6.45) is 14.7. The van der Waals surface area contributed by atoms with Crippen LogP contribution < -0.4 is 10.6 Å². The number of hydrogen-bond acceptors (Lipinski definition) is 7. The summed E-state index contributed by atoms with van der Waals surface area (Å²) in [5.41, 5.74) is 3.93. The molecule has 2 bridgehead atoms. The summed E-state index contributed by atoms with van der Waals surface area (Å²) < 4.78 is 27.3. The first kappa shape index (κ1) is 27.0. The number of halogens is 1. The van der Waals surface area contributed by atoms with Crippen molar-refractivity contribution in [1.29, 1.82) is 0 Å². The van der Waals surface area contributed by atoms with Crippen molar-refractivity contribution in [3.05, 3.63) is 64.8 Å². The molecule has 0 radical (unpaired) electrons. The van der Waals surface area contributed by atoms with Crippen LogP contribution in [0.25, 0.3) is 0 Å². The maximum Gasteiger partial charge on any atom is 0.245 e. The van der Waals surface area contributed by atoms with Crippen LogP contribution in [0.3, 0.4) is 0 Å². The molecule has 1 aliphatic carbocycles. The van der Waals surface area contributed by atoms with Gasteiger partial charge in [-0.25, -0.2) is 13.4 Å². The second-order valence-corrected chi connectivity index (χ2v) is 12.2. The van der Waals surface area contributed by atoms with Crippen molar-refractivity contribution in [2.75, 3.05) is 43.9 Å². The minimum Gasteiger partial charge on any atom is -0.338 e. The predicted molar refractivity (Wildman–Crippen MR) is 155 cm³/mol. The van der Waals surface area contributed by atoms with E-state index in [2.05, 4.69) is 49.5 Å². The van der Waals surface area contributed by atoms with Crippen molar-refractivity contribution in [2.45, 2.75) is 29.6 Å². The lowest BCUT2D eigenvalue weighted by Crippen LogP contribution is -2.27. The number of anilines is 4.